The van der Waals surface area contributed by atoms with Gasteiger partial charge in [0.15, 0.2) is 0 Å². The molecule has 0 bridgehead atoms. The van der Waals surface area contributed by atoms with Crippen LogP contribution < -0.4 is 0 Å². The number of nitrogens with one attached hydrogen (secondary N) is 1. The lowest BCUT2D eigenvalue weighted by Crippen LogP contribution is -1.79. The molecule has 3 rings (SSSR count). The lowest BCUT2D eigenvalue weighted by atomic mass is 10.0. The van der Waals surface area contributed by atoms with E-state index in [0.717, 1.165) is 11.3 Å². The third kappa shape index (κ3) is 2.83. The van der Waals surface area contributed by atoms with E-state index in [1.165, 1.54) is 16.7 Å². The first-order chi connectivity index (χ1) is 9.81. The summed E-state index contributed by atoms with van der Waals surface area (Å²) in [4.78, 5) is 0. The second kappa shape index (κ2) is 5.53. The number of H-pyrrole nitrogens is 1. The average Bonchev–Trinajstić information content (AvgIpc) is 3.00. The van der Waals surface area contributed by atoms with Crippen LogP contribution in [0.2, 0.25) is 0 Å². The van der Waals surface area contributed by atoms with Gasteiger partial charge in [-0.15, -0.1) is 0 Å². The molecular formula is C17H15N3. The van der Waals surface area contributed by atoms with Crippen molar-refractivity contribution in [3.05, 3.63) is 71.5 Å². The highest BCUT2D eigenvalue weighted by molar-refractivity contribution is 5.70. The van der Waals surface area contributed by atoms with E-state index >= 15 is 0 Å². The summed E-state index contributed by atoms with van der Waals surface area (Å²) in [7, 11) is 0. The van der Waals surface area contributed by atoms with Crippen LogP contribution in [-0.2, 0) is 0 Å². The van der Waals surface area contributed by atoms with Crippen molar-refractivity contribution in [2.75, 3.05) is 0 Å². The molecule has 0 saturated carbocycles. The van der Waals surface area contributed by atoms with Crippen molar-refractivity contribution in [3.63, 3.8) is 0 Å². The molecule has 0 aliphatic carbocycles. The number of aromatic nitrogens is 3. The quantitative estimate of drug-likeness (QED) is 0.775. The molecular weight excluding hydrogens is 246 g/mol. The number of hydrogen-bond acceptors (Lipinski definition) is 2. The van der Waals surface area contributed by atoms with Gasteiger partial charge in [0.2, 0.25) is 0 Å². The Morgan fingerprint density at radius 3 is 2.10 bits per heavy atom. The summed E-state index contributed by atoms with van der Waals surface area (Å²) in [5.41, 5.74) is 5.71. The molecule has 1 heterocycles. The molecule has 0 radical (unpaired) electrons. The SMILES string of the molecule is Cc1ccc(-c2ccc(/C=C/c3cn[nH]n3)cc2)cc1. The van der Waals surface area contributed by atoms with Crippen molar-refractivity contribution in [2.24, 2.45) is 0 Å². The van der Waals surface area contributed by atoms with Gasteiger partial charge in [0, 0.05) is 0 Å². The van der Waals surface area contributed by atoms with E-state index in [-0.39, 0.29) is 0 Å². The summed E-state index contributed by atoms with van der Waals surface area (Å²) in [6.45, 7) is 2.10. The van der Waals surface area contributed by atoms with Crippen LogP contribution in [0.5, 0.6) is 0 Å². The Hall–Kier alpha value is -2.68. The fourth-order valence-corrected chi connectivity index (χ4v) is 2.01. The Balaban J connectivity index is 1.79. The molecule has 1 aromatic heterocycles. The minimum atomic E-state index is 0.826. The first-order valence-electron chi connectivity index (χ1n) is 6.52. The number of nitrogens with zero attached hydrogens (tertiary/aromatic N) is 2. The van der Waals surface area contributed by atoms with Gasteiger partial charge in [0.05, 0.1) is 6.20 Å². The van der Waals surface area contributed by atoms with Crippen molar-refractivity contribution in [3.8, 4) is 11.1 Å². The molecule has 20 heavy (non-hydrogen) atoms. The predicted octanol–water partition coefficient (Wildman–Crippen LogP) is 3.95. The Bertz CT molecular complexity index is 693. The van der Waals surface area contributed by atoms with E-state index in [2.05, 4.69) is 70.9 Å². The topological polar surface area (TPSA) is 41.6 Å². The molecule has 3 nitrogen and oxygen atoms in total. The summed E-state index contributed by atoms with van der Waals surface area (Å²) >= 11 is 0. The van der Waals surface area contributed by atoms with Crippen molar-refractivity contribution >= 4 is 12.2 Å². The number of aromatic amines is 1. The molecule has 0 amide bonds. The van der Waals surface area contributed by atoms with Crippen LogP contribution in [-0.4, -0.2) is 15.4 Å². The number of aryl methyl sites for hydroxylation is 1. The Morgan fingerprint density at radius 1 is 0.850 bits per heavy atom. The van der Waals surface area contributed by atoms with E-state index in [1.54, 1.807) is 6.20 Å². The molecule has 0 aliphatic heterocycles. The van der Waals surface area contributed by atoms with E-state index < -0.39 is 0 Å². The van der Waals surface area contributed by atoms with E-state index in [4.69, 9.17) is 0 Å². The highest BCUT2D eigenvalue weighted by atomic mass is 15.3. The number of benzene rings is 2. The van der Waals surface area contributed by atoms with Crippen LogP contribution in [0.3, 0.4) is 0 Å². The van der Waals surface area contributed by atoms with Gasteiger partial charge in [-0.25, -0.2) is 0 Å². The molecule has 3 aromatic rings. The standard InChI is InChI=1S/C17H15N3/c1-13-2-7-15(8-3-13)16-9-4-14(5-10-16)6-11-17-12-18-20-19-17/h2-12H,1H3,(H,18,19,20)/b11-6+. The van der Waals surface area contributed by atoms with Crippen LogP contribution in [0, 0.1) is 6.92 Å². The lowest BCUT2D eigenvalue weighted by molar-refractivity contribution is 0.937. The molecule has 0 unspecified atom stereocenters. The van der Waals surface area contributed by atoms with Gasteiger partial charge >= 0.3 is 0 Å². The van der Waals surface area contributed by atoms with E-state index in [9.17, 15) is 0 Å². The first kappa shape index (κ1) is 12.4. The van der Waals surface area contributed by atoms with Crippen LogP contribution >= 0.6 is 0 Å². The third-order valence-electron chi connectivity index (χ3n) is 3.18. The highest BCUT2D eigenvalue weighted by Crippen LogP contribution is 2.20. The second-order valence-corrected chi connectivity index (χ2v) is 4.72. The van der Waals surface area contributed by atoms with Gasteiger partial charge < -0.3 is 0 Å². The largest absolute Gasteiger partial charge is 0.197 e. The lowest BCUT2D eigenvalue weighted by Gasteiger charge is -2.02. The number of rotatable bonds is 3. The third-order valence-corrected chi connectivity index (χ3v) is 3.18. The highest BCUT2D eigenvalue weighted by Gasteiger charge is 1.97. The summed E-state index contributed by atoms with van der Waals surface area (Å²) in [6.07, 6.45) is 5.65. The van der Waals surface area contributed by atoms with Crippen LogP contribution in [0.15, 0.2) is 54.7 Å². The number of hydrogen-bond donors (Lipinski definition) is 1. The minimum Gasteiger partial charge on any atom is -0.197 e. The predicted molar refractivity (Wildman–Crippen MR) is 81.9 cm³/mol. The molecule has 0 aliphatic rings. The van der Waals surface area contributed by atoms with Gasteiger partial charge in [-0.3, -0.25) is 0 Å². The molecule has 0 fully saturated rings. The van der Waals surface area contributed by atoms with Crippen molar-refractivity contribution < 1.29 is 0 Å². The Labute approximate surface area is 118 Å². The van der Waals surface area contributed by atoms with Crippen LogP contribution in [0.25, 0.3) is 23.3 Å². The van der Waals surface area contributed by atoms with Gasteiger partial charge in [-0.05, 0) is 29.7 Å². The van der Waals surface area contributed by atoms with E-state index in [1.807, 2.05) is 12.2 Å². The zero-order valence-corrected chi connectivity index (χ0v) is 11.2. The molecule has 2 aromatic carbocycles. The first-order valence-corrected chi connectivity index (χ1v) is 6.52. The molecule has 98 valence electrons. The van der Waals surface area contributed by atoms with Crippen molar-refractivity contribution in [1.29, 1.82) is 0 Å². The zero-order valence-electron chi connectivity index (χ0n) is 11.2. The molecule has 0 saturated heterocycles. The van der Waals surface area contributed by atoms with E-state index in [0.29, 0.717) is 0 Å². The zero-order chi connectivity index (χ0) is 13.8. The summed E-state index contributed by atoms with van der Waals surface area (Å²) < 4.78 is 0. The maximum absolute atomic E-state index is 3.98. The smallest absolute Gasteiger partial charge is 0.105 e. The van der Waals surface area contributed by atoms with Gasteiger partial charge in [0.25, 0.3) is 0 Å². The second-order valence-electron chi connectivity index (χ2n) is 4.72. The van der Waals surface area contributed by atoms with Crippen molar-refractivity contribution in [2.45, 2.75) is 6.92 Å². The molecule has 0 atom stereocenters. The molecule has 3 heteroatoms. The fraction of sp³-hybridized carbons (Fsp3) is 0.0588. The van der Waals surface area contributed by atoms with Crippen molar-refractivity contribution in [1.82, 2.24) is 15.4 Å². The normalized spacial score (nSPS) is 11.1. The maximum atomic E-state index is 3.98. The summed E-state index contributed by atoms with van der Waals surface area (Å²) in [5.74, 6) is 0. The minimum absolute atomic E-state index is 0.826. The van der Waals surface area contributed by atoms with Gasteiger partial charge in [-0.2, -0.15) is 15.4 Å². The molecule has 1 N–H and O–H groups in total. The summed E-state index contributed by atoms with van der Waals surface area (Å²) in [6, 6.07) is 17.0. The average molecular weight is 261 g/mol. The summed E-state index contributed by atoms with van der Waals surface area (Å²) in [5, 5.41) is 10.3. The maximum Gasteiger partial charge on any atom is 0.105 e. The van der Waals surface area contributed by atoms with Crippen LogP contribution in [0.1, 0.15) is 16.8 Å². The van der Waals surface area contributed by atoms with Gasteiger partial charge in [-0.1, -0.05) is 60.2 Å². The van der Waals surface area contributed by atoms with Crippen LogP contribution in [0.4, 0.5) is 0 Å². The Morgan fingerprint density at radius 2 is 1.50 bits per heavy atom. The van der Waals surface area contributed by atoms with Gasteiger partial charge in [0.1, 0.15) is 5.69 Å². The fourth-order valence-electron chi connectivity index (χ4n) is 2.01. The Kier molecular flexibility index (Phi) is 3.42. The molecule has 0 spiro atoms. The monoisotopic (exact) mass is 261 g/mol.